The first-order valence-corrected chi connectivity index (χ1v) is 6.31. The van der Waals surface area contributed by atoms with Crippen LogP contribution in [0.25, 0.3) is 22.5 Å². The number of H-pyrrole nitrogens is 1. The van der Waals surface area contributed by atoms with Crippen LogP contribution in [0.3, 0.4) is 0 Å². The lowest BCUT2D eigenvalue weighted by atomic mass is 10.1. The Kier molecular flexibility index (Phi) is 3.13. The molecule has 4 heteroatoms. The minimum atomic E-state index is 0.0545. The molecule has 0 bridgehead atoms. The fraction of sp³-hybridized carbons (Fsp3) is 0.0625. The van der Waals surface area contributed by atoms with E-state index in [1.807, 2.05) is 42.5 Å². The molecule has 0 unspecified atom stereocenters. The van der Waals surface area contributed by atoms with Gasteiger partial charge in [-0.2, -0.15) is 5.10 Å². The number of carbonyl (C=O) groups excluding carboxylic acids is 1. The van der Waals surface area contributed by atoms with Gasteiger partial charge in [0.25, 0.3) is 0 Å². The van der Waals surface area contributed by atoms with Gasteiger partial charge in [-0.3, -0.25) is 14.9 Å². The van der Waals surface area contributed by atoms with Gasteiger partial charge in [-0.1, -0.05) is 18.2 Å². The Morgan fingerprint density at radius 2 is 1.95 bits per heavy atom. The molecule has 0 radical (unpaired) electrons. The van der Waals surface area contributed by atoms with Gasteiger partial charge in [0.1, 0.15) is 0 Å². The molecule has 2 aromatic heterocycles. The topological polar surface area (TPSA) is 58.6 Å². The van der Waals surface area contributed by atoms with Crippen LogP contribution >= 0.6 is 0 Å². The van der Waals surface area contributed by atoms with Crippen molar-refractivity contribution in [3.63, 3.8) is 0 Å². The van der Waals surface area contributed by atoms with Crippen LogP contribution in [0, 0.1) is 0 Å². The third-order valence-corrected chi connectivity index (χ3v) is 3.12. The van der Waals surface area contributed by atoms with Gasteiger partial charge in [0.2, 0.25) is 0 Å². The van der Waals surface area contributed by atoms with E-state index < -0.39 is 0 Å². The smallest absolute Gasteiger partial charge is 0.159 e. The summed E-state index contributed by atoms with van der Waals surface area (Å²) in [5.74, 6) is 0.0545. The largest absolute Gasteiger partial charge is 0.295 e. The molecule has 0 aliphatic heterocycles. The van der Waals surface area contributed by atoms with Crippen LogP contribution < -0.4 is 0 Å². The molecule has 0 amide bonds. The average molecular weight is 263 g/mol. The van der Waals surface area contributed by atoms with Crippen molar-refractivity contribution in [1.29, 1.82) is 0 Å². The number of carbonyl (C=O) groups is 1. The predicted octanol–water partition coefficient (Wildman–Crippen LogP) is 3.34. The van der Waals surface area contributed by atoms with Crippen LogP contribution in [0.2, 0.25) is 0 Å². The van der Waals surface area contributed by atoms with Gasteiger partial charge in [0, 0.05) is 29.1 Å². The summed E-state index contributed by atoms with van der Waals surface area (Å²) in [6, 6.07) is 13.3. The van der Waals surface area contributed by atoms with Crippen LogP contribution in [0.4, 0.5) is 0 Å². The molecule has 0 saturated carbocycles. The molecule has 1 N–H and O–H groups in total. The quantitative estimate of drug-likeness (QED) is 0.737. The van der Waals surface area contributed by atoms with E-state index in [-0.39, 0.29) is 5.78 Å². The SMILES string of the molecule is CC(=O)c1cccc(-c2cc(-c3cccnc3)n[nH]2)c1. The van der Waals surface area contributed by atoms with E-state index in [4.69, 9.17) is 0 Å². The first kappa shape index (κ1) is 12.3. The van der Waals surface area contributed by atoms with Crippen LogP contribution in [0.15, 0.2) is 54.9 Å². The van der Waals surface area contributed by atoms with Crippen molar-refractivity contribution in [2.24, 2.45) is 0 Å². The summed E-state index contributed by atoms with van der Waals surface area (Å²) in [5.41, 5.74) is 4.31. The van der Waals surface area contributed by atoms with E-state index in [1.165, 1.54) is 0 Å². The van der Waals surface area contributed by atoms with E-state index in [0.29, 0.717) is 5.56 Å². The van der Waals surface area contributed by atoms with Crippen molar-refractivity contribution in [3.05, 3.63) is 60.4 Å². The summed E-state index contributed by atoms with van der Waals surface area (Å²) >= 11 is 0. The summed E-state index contributed by atoms with van der Waals surface area (Å²) in [6.07, 6.45) is 3.50. The molecule has 98 valence electrons. The van der Waals surface area contributed by atoms with Crippen molar-refractivity contribution in [2.45, 2.75) is 6.92 Å². The van der Waals surface area contributed by atoms with Crippen molar-refractivity contribution < 1.29 is 4.79 Å². The predicted molar refractivity (Wildman–Crippen MR) is 77.3 cm³/mol. The molecule has 3 aromatic rings. The molecule has 0 fully saturated rings. The third kappa shape index (κ3) is 2.36. The molecule has 2 heterocycles. The monoisotopic (exact) mass is 263 g/mol. The van der Waals surface area contributed by atoms with E-state index in [1.54, 1.807) is 19.3 Å². The Morgan fingerprint density at radius 1 is 1.10 bits per heavy atom. The average Bonchev–Trinajstić information content (AvgIpc) is 2.98. The molecule has 0 aliphatic rings. The Labute approximate surface area is 116 Å². The number of benzene rings is 1. The summed E-state index contributed by atoms with van der Waals surface area (Å²) in [5, 5.41) is 7.29. The number of aromatic amines is 1. The molecular weight excluding hydrogens is 250 g/mol. The van der Waals surface area contributed by atoms with E-state index in [2.05, 4.69) is 15.2 Å². The number of hydrogen-bond acceptors (Lipinski definition) is 3. The highest BCUT2D eigenvalue weighted by Gasteiger charge is 2.07. The van der Waals surface area contributed by atoms with Gasteiger partial charge in [-0.15, -0.1) is 0 Å². The second-order valence-corrected chi connectivity index (χ2v) is 4.55. The molecule has 1 aromatic carbocycles. The number of pyridine rings is 1. The number of ketones is 1. The zero-order valence-corrected chi connectivity index (χ0v) is 11.0. The third-order valence-electron chi connectivity index (χ3n) is 3.12. The lowest BCUT2D eigenvalue weighted by molar-refractivity contribution is 0.101. The van der Waals surface area contributed by atoms with Crippen molar-refractivity contribution in [1.82, 2.24) is 15.2 Å². The second-order valence-electron chi connectivity index (χ2n) is 4.55. The van der Waals surface area contributed by atoms with Crippen molar-refractivity contribution in [2.75, 3.05) is 0 Å². The molecule has 3 rings (SSSR count). The normalized spacial score (nSPS) is 10.4. The molecule has 4 nitrogen and oxygen atoms in total. The molecule has 0 aliphatic carbocycles. The number of Topliss-reactive ketones (excluding diaryl/α,β-unsaturated/α-hetero) is 1. The van der Waals surface area contributed by atoms with E-state index in [9.17, 15) is 4.79 Å². The van der Waals surface area contributed by atoms with Crippen molar-refractivity contribution >= 4 is 5.78 Å². The Balaban J connectivity index is 1.98. The molecule has 20 heavy (non-hydrogen) atoms. The maximum atomic E-state index is 11.4. The lowest BCUT2D eigenvalue weighted by Gasteiger charge is -1.99. The first-order valence-electron chi connectivity index (χ1n) is 6.31. The minimum absolute atomic E-state index is 0.0545. The highest BCUT2D eigenvalue weighted by molar-refractivity contribution is 5.95. The van der Waals surface area contributed by atoms with Crippen LogP contribution in [-0.2, 0) is 0 Å². The number of rotatable bonds is 3. The standard InChI is InChI=1S/C16H13N3O/c1-11(20)12-4-2-5-13(8-12)15-9-16(19-18-15)14-6-3-7-17-10-14/h2-10H,1H3,(H,18,19). The first-order chi connectivity index (χ1) is 9.74. The van der Waals surface area contributed by atoms with Gasteiger partial charge >= 0.3 is 0 Å². The minimum Gasteiger partial charge on any atom is -0.295 e. The van der Waals surface area contributed by atoms with Crippen LogP contribution in [-0.4, -0.2) is 21.0 Å². The van der Waals surface area contributed by atoms with E-state index >= 15 is 0 Å². The number of nitrogens with one attached hydrogen (secondary N) is 1. The van der Waals surface area contributed by atoms with E-state index in [0.717, 1.165) is 22.5 Å². The van der Waals surface area contributed by atoms with Gasteiger partial charge in [-0.05, 0) is 31.2 Å². The molecule has 0 atom stereocenters. The van der Waals surface area contributed by atoms with Gasteiger partial charge < -0.3 is 0 Å². The lowest BCUT2D eigenvalue weighted by Crippen LogP contribution is -1.91. The number of hydrogen-bond donors (Lipinski definition) is 1. The summed E-state index contributed by atoms with van der Waals surface area (Å²) < 4.78 is 0. The summed E-state index contributed by atoms with van der Waals surface area (Å²) in [4.78, 5) is 15.5. The highest BCUT2D eigenvalue weighted by Crippen LogP contribution is 2.23. The van der Waals surface area contributed by atoms with Crippen LogP contribution in [0.5, 0.6) is 0 Å². The van der Waals surface area contributed by atoms with Gasteiger partial charge in [0.05, 0.1) is 11.4 Å². The maximum absolute atomic E-state index is 11.4. The fourth-order valence-corrected chi connectivity index (χ4v) is 2.04. The molecular formula is C16H13N3O. The summed E-state index contributed by atoms with van der Waals surface area (Å²) in [6.45, 7) is 1.56. The summed E-state index contributed by atoms with van der Waals surface area (Å²) in [7, 11) is 0. The number of aromatic nitrogens is 3. The second kappa shape index (κ2) is 5.09. The fourth-order valence-electron chi connectivity index (χ4n) is 2.04. The molecule has 0 saturated heterocycles. The highest BCUT2D eigenvalue weighted by atomic mass is 16.1. The Bertz CT molecular complexity index is 747. The zero-order valence-electron chi connectivity index (χ0n) is 11.0. The Hall–Kier alpha value is -2.75. The van der Waals surface area contributed by atoms with Crippen LogP contribution in [0.1, 0.15) is 17.3 Å². The maximum Gasteiger partial charge on any atom is 0.159 e. The Morgan fingerprint density at radius 3 is 2.70 bits per heavy atom. The zero-order chi connectivity index (χ0) is 13.9. The van der Waals surface area contributed by atoms with Gasteiger partial charge in [0.15, 0.2) is 5.78 Å². The van der Waals surface area contributed by atoms with Gasteiger partial charge in [-0.25, -0.2) is 0 Å². The molecule has 0 spiro atoms. The number of nitrogens with zero attached hydrogens (tertiary/aromatic N) is 2. The van der Waals surface area contributed by atoms with Crippen molar-refractivity contribution in [3.8, 4) is 22.5 Å².